The van der Waals surface area contributed by atoms with Gasteiger partial charge in [-0.15, -0.1) is 0 Å². The minimum absolute atomic E-state index is 0.00873. The number of hydrogen-bond donors (Lipinski definition) is 1. The van der Waals surface area contributed by atoms with Crippen LogP contribution in [0.25, 0.3) is 0 Å². The molecule has 2 fully saturated rings. The van der Waals surface area contributed by atoms with Crippen LogP contribution in [0.5, 0.6) is 0 Å². The molecule has 4 heterocycles. The second-order valence-corrected chi connectivity index (χ2v) is 7.73. The molecule has 0 unspecified atom stereocenters. The van der Waals surface area contributed by atoms with Crippen molar-refractivity contribution in [3.05, 3.63) is 23.3 Å². The number of rotatable bonds is 2. The molecular formula is C18H24N4O3. The Bertz CT molecular complexity index is 712. The summed E-state index contributed by atoms with van der Waals surface area (Å²) < 4.78 is 5.30. The van der Waals surface area contributed by atoms with Gasteiger partial charge < -0.3 is 15.0 Å². The summed E-state index contributed by atoms with van der Waals surface area (Å²) in [7, 11) is 0. The molecule has 0 radical (unpaired) electrons. The van der Waals surface area contributed by atoms with E-state index in [1.807, 2.05) is 24.9 Å². The van der Waals surface area contributed by atoms with E-state index in [1.54, 1.807) is 0 Å². The molecule has 134 valence electrons. The van der Waals surface area contributed by atoms with Gasteiger partial charge in [0.1, 0.15) is 11.4 Å². The highest BCUT2D eigenvalue weighted by Crippen LogP contribution is 2.35. The Morgan fingerprint density at radius 3 is 2.96 bits per heavy atom. The molecule has 2 atom stereocenters. The Labute approximate surface area is 147 Å². The lowest BCUT2D eigenvalue weighted by Crippen LogP contribution is -2.45. The van der Waals surface area contributed by atoms with Crippen molar-refractivity contribution >= 4 is 11.9 Å². The highest BCUT2D eigenvalue weighted by atomic mass is 16.6. The number of esters is 1. The van der Waals surface area contributed by atoms with E-state index in [9.17, 15) is 9.59 Å². The first-order valence-corrected chi connectivity index (χ1v) is 9.00. The average molecular weight is 344 g/mol. The van der Waals surface area contributed by atoms with Crippen LogP contribution in [0.4, 0.5) is 0 Å². The normalized spacial score (nSPS) is 27.9. The molecule has 3 aliphatic rings. The van der Waals surface area contributed by atoms with Crippen molar-refractivity contribution in [1.29, 1.82) is 0 Å². The number of carbonyl (C=O) groups is 2. The van der Waals surface area contributed by atoms with Crippen molar-refractivity contribution < 1.29 is 14.3 Å². The fourth-order valence-electron chi connectivity index (χ4n) is 4.02. The zero-order valence-corrected chi connectivity index (χ0v) is 14.7. The van der Waals surface area contributed by atoms with Crippen molar-refractivity contribution in [1.82, 2.24) is 20.2 Å². The quantitative estimate of drug-likeness (QED) is 0.798. The lowest BCUT2D eigenvalue weighted by molar-refractivity contribution is -0.149. The third-order valence-corrected chi connectivity index (χ3v) is 5.57. The molecule has 4 rings (SSSR count). The van der Waals surface area contributed by atoms with Crippen LogP contribution >= 0.6 is 0 Å². The Hall–Kier alpha value is -2.02. The van der Waals surface area contributed by atoms with Crippen LogP contribution in [0.15, 0.2) is 6.20 Å². The van der Waals surface area contributed by atoms with Gasteiger partial charge in [-0.1, -0.05) is 0 Å². The first kappa shape index (κ1) is 16.4. The van der Waals surface area contributed by atoms with Gasteiger partial charge >= 0.3 is 5.97 Å². The maximum absolute atomic E-state index is 12.9. The van der Waals surface area contributed by atoms with Gasteiger partial charge in [0.25, 0.3) is 0 Å². The molecule has 0 aliphatic carbocycles. The third-order valence-electron chi connectivity index (χ3n) is 5.57. The smallest absolute Gasteiger partial charge is 0.307 e. The minimum atomic E-state index is -0.732. The lowest BCUT2D eigenvalue weighted by atomic mass is 9.89. The standard InChI is InChI=1S/C18H24N4O3/c1-18(2)13(7-15(23)25-18)17(24)22-6-4-14-12(10-22)9-20-16(21-14)11-3-5-19-8-11/h9,11,13,19H,3-8,10H2,1-2H3/t11-,13+/m0/s1. The first-order chi connectivity index (χ1) is 11.9. The molecule has 1 N–H and O–H groups in total. The second-order valence-electron chi connectivity index (χ2n) is 7.73. The maximum Gasteiger partial charge on any atom is 0.307 e. The van der Waals surface area contributed by atoms with E-state index in [0.717, 1.165) is 43.0 Å². The van der Waals surface area contributed by atoms with E-state index >= 15 is 0 Å². The highest BCUT2D eigenvalue weighted by molar-refractivity contribution is 5.87. The molecule has 25 heavy (non-hydrogen) atoms. The van der Waals surface area contributed by atoms with E-state index in [-0.39, 0.29) is 18.3 Å². The van der Waals surface area contributed by atoms with E-state index in [4.69, 9.17) is 9.72 Å². The van der Waals surface area contributed by atoms with Crippen LogP contribution in [0.1, 0.15) is 49.7 Å². The molecule has 7 nitrogen and oxygen atoms in total. The predicted molar refractivity (Wildman–Crippen MR) is 89.7 cm³/mol. The molecule has 1 aromatic heterocycles. The number of fused-ring (bicyclic) bond motifs is 1. The van der Waals surface area contributed by atoms with E-state index in [1.165, 1.54) is 0 Å². The van der Waals surface area contributed by atoms with Crippen LogP contribution in [0.3, 0.4) is 0 Å². The van der Waals surface area contributed by atoms with Gasteiger partial charge in [-0.05, 0) is 26.8 Å². The van der Waals surface area contributed by atoms with Gasteiger partial charge in [0.2, 0.25) is 5.91 Å². The van der Waals surface area contributed by atoms with Gasteiger partial charge in [0, 0.05) is 43.7 Å². The summed E-state index contributed by atoms with van der Waals surface area (Å²) in [6.45, 7) is 6.72. The van der Waals surface area contributed by atoms with E-state index < -0.39 is 11.5 Å². The molecular weight excluding hydrogens is 320 g/mol. The fourth-order valence-corrected chi connectivity index (χ4v) is 4.02. The first-order valence-electron chi connectivity index (χ1n) is 9.00. The number of hydrogen-bond acceptors (Lipinski definition) is 6. The maximum atomic E-state index is 12.9. The van der Waals surface area contributed by atoms with Gasteiger partial charge in [-0.3, -0.25) is 9.59 Å². The Balaban J connectivity index is 1.49. The van der Waals surface area contributed by atoms with Crippen LogP contribution in [-0.2, 0) is 27.3 Å². The number of aromatic nitrogens is 2. The van der Waals surface area contributed by atoms with Crippen LogP contribution in [-0.4, -0.2) is 52.0 Å². The number of carbonyl (C=O) groups excluding carboxylic acids is 2. The van der Waals surface area contributed by atoms with Crippen LogP contribution in [0.2, 0.25) is 0 Å². The van der Waals surface area contributed by atoms with Crippen molar-refractivity contribution in [2.45, 2.75) is 51.2 Å². The largest absolute Gasteiger partial charge is 0.459 e. The zero-order valence-electron chi connectivity index (χ0n) is 14.7. The molecule has 0 saturated carbocycles. The summed E-state index contributed by atoms with van der Waals surface area (Å²) in [5.41, 5.74) is 1.33. The monoisotopic (exact) mass is 344 g/mol. The lowest BCUT2D eigenvalue weighted by Gasteiger charge is -2.33. The molecule has 2 saturated heterocycles. The van der Waals surface area contributed by atoms with Crippen molar-refractivity contribution in [3.63, 3.8) is 0 Å². The van der Waals surface area contributed by atoms with Crippen LogP contribution in [0, 0.1) is 5.92 Å². The van der Waals surface area contributed by atoms with Gasteiger partial charge in [0.15, 0.2) is 0 Å². The number of nitrogens with one attached hydrogen (secondary N) is 1. The molecule has 7 heteroatoms. The molecule has 1 aromatic rings. The highest BCUT2D eigenvalue weighted by Gasteiger charge is 2.47. The summed E-state index contributed by atoms with van der Waals surface area (Å²) in [6.07, 6.45) is 3.85. The van der Waals surface area contributed by atoms with Crippen molar-refractivity contribution in [2.24, 2.45) is 5.92 Å². The van der Waals surface area contributed by atoms with Gasteiger partial charge in [-0.25, -0.2) is 9.97 Å². The molecule has 3 aliphatic heterocycles. The topological polar surface area (TPSA) is 84.4 Å². The minimum Gasteiger partial charge on any atom is -0.459 e. The summed E-state index contributed by atoms with van der Waals surface area (Å²) in [4.78, 5) is 35.6. The Morgan fingerprint density at radius 1 is 1.44 bits per heavy atom. The molecule has 0 spiro atoms. The van der Waals surface area contributed by atoms with Crippen LogP contribution < -0.4 is 5.32 Å². The summed E-state index contributed by atoms with van der Waals surface area (Å²) in [5.74, 6) is 0.600. The van der Waals surface area contributed by atoms with Crippen molar-refractivity contribution in [2.75, 3.05) is 19.6 Å². The number of cyclic esters (lactones) is 1. The summed E-state index contributed by atoms with van der Waals surface area (Å²) in [5, 5.41) is 3.34. The third kappa shape index (κ3) is 3.01. The average Bonchev–Trinajstić information content (AvgIpc) is 3.20. The number of amides is 1. The fraction of sp³-hybridized carbons (Fsp3) is 0.667. The summed E-state index contributed by atoms with van der Waals surface area (Å²) >= 11 is 0. The number of nitrogens with zero attached hydrogens (tertiary/aromatic N) is 3. The van der Waals surface area contributed by atoms with E-state index in [0.29, 0.717) is 19.0 Å². The van der Waals surface area contributed by atoms with Crippen molar-refractivity contribution in [3.8, 4) is 0 Å². The second kappa shape index (κ2) is 6.05. The zero-order chi connectivity index (χ0) is 17.6. The summed E-state index contributed by atoms with van der Waals surface area (Å²) in [6, 6.07) is 0. The van der Waals surface area contributed by atoms with Gasteiger partial charge in [-0.2, -0.15) is 0 Å². The van der Waals surface area contributed by atoms with E-state index in [2.05, 4.69) is 10.3 Å². The van der Waals surface area contributed by atoms with Gasteiger partial charge in [0.05, 0.1) is 18.0 Å². The SMILES string of the molecule is CC1(C)OC(=O)C[C@@H]1C(=O)N1CCc2nc([C@H]3CCNC3)ncc2C1. The Kier molecular flexibility index (Phi) is 3.98. The number of ether oxygens (including phenoxy) is 1. The molecule has 1 amide bonds. The molecule has 0 aromatic carbocycles. The molecule has 0 bridgehead atoms. The Morgan fingerprint density at radius 2 is 2.28 bits per heavy atom. The predicted octanol–water partition coefficient (Wildman–Crippen LogP) is 0.780.